The maximum atomic E-state index is 9.27. The van der Waals surface area contributed by atoms with E-state index in [2.05, 4.69) is 16.0 Å². The number of hydrogen-bond donors (Lipinski definition) is 1. The highest BCUT2D eigenvalue weighted by molar-refractivity contribution is 5.63. The van der Waals surface area contributed by atoms with Gasteiger partial charge in [0, 0.05) is 25.9 Å². The highest BCUT2D eigenvalue weighted by atomic mass is 16.3. The summed E-state index contributed by atoms with van der Waals surface area (Å²) < 4.78 is 0. The van der Waals surface area contributed by atoms with Crippen molar-refractivity contribution in [3.8, 4) is 5.75 Å². The summed E-state index contributed by atoms with van der Waals surface area (Å²) in [6.45, 7) is 1.03. The fourth-order valence-corrected chi connectivity index (χ4v) is 1.53. The average Bonchev–Trinajstić information content (AvgIpc) is 2.51. The summed E-state index contributed by atoms with van der Waals surface area (Å²) in [5.74, 6) is 0.270. The molecule has 0 aromatic carbocycles. The van der Waals surface area contributed by atoms with E-state index in [1.807, 2.05) is 7.05 Å². The Kier molecular flexibility index (Phi) is 1.93. The van der Waals surface area contributed by atoms with Crippen LogP contribution in [0.5, 0.6) is 5.75 Å². The summed E-state index contributed by atoms with van der Waals surface area (Å²) in [5, 5.41) is 9.27. The number of aromatic hydroxyl groups is 1. The molecule has 0 amide bonds. The number of hydrogen-bond acceptors (Lipinski definition) is 3. The van der Waals surface area contributed by atoms with Gasteiger partial charge in [-0.15, -0.1) is 0 Å². The Morgan fingerprint density at radius 3 is 3.00 bits per heavy atom. The van der Waals surface area contributed by atoms with Crippen LogP contribution in [-0.4, -0.2) is 28.6 Å². The first kappa shape index (κ1) is 8.10. The van der Waals surface area contributed by atoms with E-state index in [1.54, 1.807) is 18.3 Å². The van der Waals surface area contributed by atoms with Crippen molar-refractivity contribution in [3.63, 3.8) is 0 Å². The molecule has 2 rings (SSSR count). The minimum atomic E-state index is 0.270. The maximum Gasteiger partial charge on any atom is 0.119 e. The molecule has 68 valence electrons. The fourth-order valence-electron chi connectivity index (χ4n) is 1.53. The lowest BCUT2D eigenvalue weighted by Gasteiger charge is -2.15. The zero-order valence-electron chi connectivity index (χ0n) is 7.57. The van der Waals surface area contributed by atoms with E-state index in [4.69, 9.17) is 0 Å². The summed E-state index contributed by atoms with van der Waals surface area (Å²) in [4.78, 5) is 6.34. The summed E-state index contributed by atoms with van der Waals surface area (Å²) in [6.07, 6.45) is 4.82. The van der Waals surface area contributed by atoms with Crippen molar-refractivity contribution in [1.82, 2.24) is 9.88 Å². The molecule has 3 nitrogen and oxygen atoms in total. The molecule has 1 aliphatic heterocycles. The van der Waals surface area contributed by atoms with Gasteiger partial charge in [-0.05, 0) is 12.5 Å². The lowest BCUT2D eigenvalue weighted by Crippen LogP contribution is -2.12. The summed E-state index contributed by atoms with van der Waals surface area (Å²) in [5.41, 5.74) is 1.95. The highest BCUT2D eigenvalue weighted by Crippen LogP contribution is 2.23. The van der Waals surface area contributed by atoms with Gasteiger partial charge in [-0.2, -0.15) is 0 Å². The normalized spacial score (nSPS) is 16.1. The molecule has 1 aliphatic rings. The Labute approximate surface area is 77.3 Å². The molecule has 0 radical (unpaired) electrons. The predicted molar refractivity (Wildman–Crippen MR) is 51.1 cm³/mol. The third-order valence-electron chi connectivity index (χ3n) is 2.22. The second kappa shape index (κ2) is 3.09. The average molecular weight is 176 g/mol. The number of aromatic nitrogens is 1. The van der Waals surface area contributed by atoms with Gasteiger partial charge in [-0.25, -0.2) is 0 Å². The molecule has 1 N–H and O–H groups in total. The molecule has 0 aliphatic carbocycles. The molecular formula is C10H12N2O. The molecule has 3 heteroatoms. The zero-order valence-corrected chi connectivity index (χ0v) is 7.57. The van der Waals surface area contributed by atoms with E-state index >= 15 is 0 Å². The van der Waals surface area contributed by atoms with Crippen LogP contribution >= 0.6 is 0 Å². The third kappa shape index (κ3) is 1.49. The Morgan fingerprint density at radius 1 is 1.54 bits per heavy atom. The van der Waals surface area contributed by atoms with Crippen molar-refractivity contribution in [2.75, 3.05) is 13.6 Å². The summed E-state index contributed by atoms with van der Waals surface area (Å²) in [6, 6.07) is 3.27. The van der Waals surface area contributed by atoms with E-state index in [-0.39, 0.29) is 5.75 Å². The van der Waals surface area contributed by atoms with E-state index in [0.29, 0.717) is 0 Å². The smallest absolute Gasteiger partial charge is 0.119 e. The van der Waals surface area contributed by atoms with Gasteiger partial charge in [0.15, 0.2) is 0 Å². The van der Waals surface area contributed by atoms with E-state index in [9.17, 15) is 5.11 Å². The van der Waals surface area contributed by atoms with Crippen molar-refractivity contribution in [1.29, 1.82) is 0 Å². The van der Waals surface area contributed by atoms with Crippen molar-refractivity contribution >= 4 is 5.70 Å². The zero-order chi connectivity index (χ0) is 9.26. The van der Waals surface area contributed by atoms with Gasteiger partial charge in [0.05, 0.1) is 11.4 Å². The molecule has 0 atom stereocenters. The molecule has 13 heavy (non-hydrogen) atoms. The fraction of sp³-hybridized carbons (Fsp3) is 0.300. The molecule has 0 saturated carbocycles. The van der Waals surface area contributed by atoms with Crippen molar-refractivity contribution in [3.05, 3.63) is 30.1 Å². The second-order valence-corrected chi connectivity index (χ2v) is 3.20. The van der Waals surface area contributed by atoms with Crippen LogP contribution in [0.15, 0.2) is 24.4 Å². The van der Waals surface area contributed by atoms with E-state index < -0.39 is 0 Å². The molecule has 1 aromatic heterocycles. The summed E-state index contributed by atoms with van der Waals surface area (Å²) >= 11 is 0. The Hall–Kier alpha value is -1.51. The van der Waals surface area contributed by atoms with E-state index in [0.717, 1.165) is 24.4 Å². The second-order valence-electron chi connectivity index (χ2n) is 3.20. The molecule has 1 aromatic rings. The largest absolute Gasteiger partial charge is 0.508 e. The standard InChI is InChI=1S/C10H12N2O/c1-12-6-2-3-10(12)9-7-8(13)4-5-11-9/h3-5,7H,2,6H2,1H3,(H,11,13). The first-order chi connectivity index (χ1) is 6.27. The van der Waals surface area contributed by atoms with Crippen LogP contribution in [0, 0.1) is 0 Å². The van der Waals surface area contributed by atoms with E-state index in [1.165, 1.54) is 0 Å². The molecule has 0 unspecified atom stereocenters. The summed E-state index contributed by atoms with van der Waals surface area (Å²) in [7, 11) is 2.03. The van der Waals surface area contributed by atoms with Crippen molar-refractivity contribution in [2.24, 2.45) is 0 Å². The quantitative estimate of drug-likeness (QED) is 0.703. The van der Waals surface area contributed by atoms with Crippen LogP contribution in [0.4, 0.5) is 0 Å². The molecular weight excluding hydrogens is 164 g/mol. The maximum absolute atomic E-state index is 9.27. The van der Waals surface area contributed by atoms with Crippen LogP contribution < -0.4 is 0 Å². The van der Waals surface area contributed by atoms with Gasteiger partial charge in [-0.3, -0.25) is 4.98 Å². The van der Waals surface area contributed by atoms with Gasteiger partial charge in [0.2, 0.25) is 0 Å². The molecule has 0 bridgehead atoms. The number of nitrogens with zero attached hydrogens (tertiary/aromatic N) is 2. The van der Waals surface area contributed by atoms with Gasteiger partial charge in [0.1, 0.15) is 5.75 Å². The van der Waals surface area contributed by atoms with Crippen LogP contribution in [0.2, 0.25) is 0 Å². The first-order valence-corrected chi connectivity index (χ1v) is 4.34. The lowest BCUT2D eigenvalue weighted by molar-refractivity contribution is 0.473. The Bertz CT molecular complexity index is 347. The lowest BCUT2D eigenvalue weighted by atomic mass is 10.2. The van der Waals surface area contributed by atoms with Gasteiger partial charge in [0.25, 0.3) is 0 Å². The Morgan fingerprint density at radius 2 is 2.38 bits per heavy atom. The monoisotopic (exact) mass is 176 g/mol. The highest BCUT2D eigenvalue weighted by Gasteiger charge is 2.13. The number of pyridine rings is 1. The van der Waals surface area contributed by atoms with Gasteiger partial charge >= 0.3 is 0 Å². The molecule has 0 fully saturated rings. The van der Waals surface area contributed by atoms with Crippen molar-refractivity contribution in [2.45, 2.75) is 6.42 Å². The first-order valence-electron chi connectivity index (χ1n) is 4.34. The minimum Gasteiger partial charge on any atom is -0.508 e. The molecule has 0 spiro atoms. The van der Waals surface area contributed by atoms with Gasteiger partial charge < -0.3 is 10.0 Å². The SMILES string of the molecule is CN1CCC=C1c1cc(O)ccn1. The minimum absolute atomic E-state index is 0.270. The van der Waals surface area contributed by atoms with Crippen LogP contribution in [-0.2, 0) is 0 Å². The van der Waals surface area contributed by atoms with Crippen molar-refractivity contribution < 1.29 is 5.11 Å². The van der Waals surface area contributed by atoms with Crippen LogP contribution in [0.3, 0.4) is 0 Å². The predicted octanol–water partition coefficient (Wildman–Crippen LogP) is 1.46. The third-order valence-corrected chi connectivity index (χ3v) is 2.22. The van der Waals surface area contributed by atoms with Crippen LogP contribution in [0.1, 0.15) is 12.1 Å². The van der Waals surface area contributed by atoms with Crippen LogP contribution in [0.25, 0.3) is 5.70 Å². The van der Waals surface area contributed by atoms with Gasteiger partial charge in [-0.1, -0.05) is 6.08 Å². The topological polar surface area (TPSA) is 36.4 Å². The molecule has 0 saturated heterocycles. The Balaban J connectivity index is 2.35. The number of rotatable bonds is 1. The molecule has 2 heterocycles.